The average Bonchev–Trinajstić information content (AvgIpc) is 3.01. The predicted molar refractivity (Wildman–Crippen MR) is 137 cm³/mol. The molecule has 0 N–H and O–H groups in total. The molecular formula is C28H37N5O. The summed E-state index contributed by atoms with van der Waals surface area (Å²) in [4.78, 5) is 23.1. The van der Waals surface area contributed by atoms with E-state index in [1.54, 1.807) is 4.68 Å². The molecule has 1 aromatic carbocycles. The van der Waals surface area contributed by atoms with Crippen molar-refractivity contribution in [2.75, 3.05) is 31.1 Å². The maximum absolute atomic E-state index is 13.2. The first-order chi connectivity index (χ1) is 16.6. The van der Waals surface area contributed by atoms with Crippen molar-refractivity contribution >= 4 is 22.6 Å². The third-order valence-corrected chi connectivity index (χ3v) is 7.57. The van der Waals surface area contributed by atoms with E-state index < -0.39 is 0 Å². The third-order valence-electron chi connectivity index (χ3n) is 7.57. The number of likely N-dealkylation sites (tertiary alicyclic amines) is 1. The van der Waals surface area contributed by atoms with Crippen molar-refractivity contribution < 1.29 is 4.79 Å². The average molecular weight is 460 g/mol. The molecule has 0 aliphatic carbocycles. The van der Waals surface area contributed by atoms with Crippen molar-refractivity contribution in [2.24, 2.45) is 13.0 Å². The van der Waals surface area contributed by atoms with E-state index in [1.165, 1.54) is 36.8 Å². The molecule has 6 nitrogen and oxygen atoms in total. The van der Waals surface area contributed by atoms with E-state index in [9.17, 15) is 4.79 Å². The van der Waals surface area contributed by atoms with Crippen molar-refractivity contribution in [1.82, 2.24) is 19.7 Å². The first kappa shape index (κ1) is 23.0. The first-order valence-corrected chi connectivity index (χ1v) is 13.0. The van der Waals surface area contributed by atoms with Crippen LogP contribution in [-0.2, 0) is 13.6 Å². The molecule has 2 saturated heterocycles. The van der Waals surface area contributed by atoms with Crippen molar-refractivity contribution in [3.05, 3.63) is 53.2 Å². The molecule has 4 heterocycles. The minimum absolute atomic E-state index is 0.159. The lowest BCUT2D eigenvalue weighted by Crippen LogP contribution is -2.34. The number of nitrogens with zero attached hydrogens (tertiary/aromatic N) is 5. The standard InChI is InChI=1S/C28H37N5O/c1-21-7-9-23(10-8-21)20-32-17-13-22(14-18-32)19-25(34)27-24-11-12-26(29-28(24)31(2)30-27)33-15-5-3-4-6-16-33/h7-12,22H,3-6,13-20H2,1-2H3. The van der Waals surface area contributed by atoms with Crippen LogP contribution in [0.3, 0.4) is 0 Å². The van der Waals surface area contributed by atoms with Gasteiger partial charge < -0.3 is 4.90 Å². The molecule has 2 aliphatic heterocycles. The molecule has 2 aliphatic rings. The number of benzene rings is 1. The Hall–Kier alpha value is -2.73. The lowest BCUT2D eigenvalue weighted by atomic mass is 9.90. The number of anilines is 1. The summed E-state index contributed by atoms with van der Waals surface area (Å²) in [7, 11) is 1.90. The number of piperidine rings is 1. The highest BCUT2D eigenvalue weighted by molar-refractivity contribution is 6.05. The second-order valence-corrected chi connectivity index (χ2v) is 10.2. The van der Waals surface area contributed by atoms with E-state index >= 15 is 0 Å². The van der Waals surface area contributed by atoms with Crippen LogP contribution >= 0.6 is 0 Å². The highest BCUT2D eigenvalue weighted by Gasteiger charge is 2.25. The monoisotopic (exact) mass is 459 g/mol. The Kier molecular flexibility index (Phi) is 6.95. The molecule has 0 bridgehead atoms. The Labute approximate surface area is 203 Å². The summed E-state index contributed by atoms with van der Waals surface area (Å²) in [5.74, 6) is 1.60. The summed E-state index contributed by atoms with van der Waals surface area (Å²) in [5, 5.41) is 5.51. The van der Waals surface area contributed by atoms with Gasteiger partial charge in [-0.2, -0.15) is 5.10 Å². The lowest BCUT2D eigenvalue weighted by Gasteiger charge is -2.31. The van der Waals surface area contributed by atoms with Crippen LogP contribution in [0, 0.1) is 12.8 Å². The zero-order chi connectivity index (χ0) is 23.5. The maximum atomic E-state index is 13.2. The smallest absolute Gasteiger partial charge is 0.184 e. The minimum Gasteiger partial charge on any atom is -0.357 e. The number of aromatic nitrogens is 3. The molecule has 0 saturated carbocycles. The number of fused-ring (bicyclic) bond motifs is 1. The Morgan fingerprint density at radius 1 is 0.941 bits per heavy atom. The fourth-order valence-corrected chi connectivity index (χ4v) is 5.46. The zero-order valence-electron chi connectivity index (χ0n) is 20.7. The van der Waals surface area contributed by atoms with Crippen LogP contribution in [-0.4, -0.2) is 51.6 Å². The number of hydrogen-bond acceptors (Lipinski definition) is 5. The summed E-state index contributed by atoms with van der Waals surface area (Å²) >= 11 is 0. The Balaban J connectivity index is 1.21. The molecule has 34 heavy (non-hydrogen) atoms. The van der Waals surface area contributed by atoms with Crippen molar-refractivity contribution in [3.63, 3.8) is 0 Å². The summed E-state index contributed by atoms with van der Waals surface area (Å²) in [5.41, 5.74) is 4.08. The van der Waals surface area contributed by atoms with Gasteiger partial charge in [-0.25, -0.2) is 9.67 Å². The fourth-order valence-electron chi connectivity index (χ4n) is 5.46. The van der Waals surface area contributed by atoms with Crippen molar-refractivity contribution in [1.29, 1.82) is 0 Å². The van der Waals surface area contributed by atoms with Crippen molar-refractivity contribution in [3.8, 4) is 0 Å². The lowest BCUT2D eigenvalue weighted by molar-refractivity contribution is 0.0921. The van der Waals surface area contributed by atoms with E-state index in [0.717, 1.165) is 62.4 Å². The molecule has 0 unspecified atom stereocenters. The molecular weight excluding hydrogens is 422 g/mol. The van der Waals surface area contributed by atoms with Crippen LogP contribution in [0.5, 0.6) is 0 Å². The third kappa shape index (κ3) is 5.17. The number of carbonyl (C=O) groups excluding carboxylic acids is 1. The van der Waals surface area contributed by atoms with Gasteiger partial charge in [0.2, 0.25) is 0 Å². The van der Waals surface area contributed by atoms with Crippen LogP contribution in [0.4, 0.5) is 5.82 Å². The summed E-state index contributed by atoms with van der Waals surface area (Å²) in [6, 6.07) is 13.0. The van der Waals surface area contributed by atoms with E-state index in [-0.39, 0.29) is 5.78 Å². The van der Waals surface area contributed by atoms with Crippen molar-refractivity contribution in [2.45, 2.75) is 58.4 Å². The molecule has 0 atom stereocenters. The largest absolute Gasteiger partial charge is 0.357 e. The summed E-state index contributed by atoms with van der Waals surface area (Å²) < 4.78 is 1.79. The molecule has 2 fully saturated rings. The van der Waals surface area contributed by atoms with Gasteiger partial charge in [0.15, 0.2) is 11.4 Å². The molecule has 0 amide bonds. The van der Waals surface area contributed by atoms with Gasteiger partial charge in [0.1, 0.15) is 11.5 Å². The van der Waals surface area contributed by atoms with Gasteiger partial charge in [-0.3, -0.25) is 9.69 Å². The van der Waals surface area contributed by atoms with E-state index in [2.05, 4.69) is 58.2 Å². The fraction of sp³-hybridized carbons (Fsp3) is 0.536. The number of aryl methyl sites for hydroxylation is 2. The number of pyridine rings is 1. The van der Waals surface area contributed by atoms with Crippen LogP contribution in [0.1, 0.15) is 66.6 Å². The van der Waals surface area contributed by atoms with Gasteiger partial charge in [0, 0.05) is 33.1 Å². The number of rotatable bonds is 6. The Bertz CT molecular complexity index is 1120. The molecule has 6 heteroatoms. The Morgan fingerprint density at radius 2 is 1.65 bits per heavy atom. The minimum atomic E-state index is 0.159. The molecule has 2 aromatic heterocycles. The van der Waals surface area contributed by atoms with Crippen LogP contribution in [0.25, 0.3) is 11.0 Å². The Morgan fingerprint density at radius 3 is 2.35 bits per heavy atom. The predicted octanol–water partition coefficient (Wildman–Crippen LogP) is 5.14. The van der Waals surface area contributed by atoms with Crippen LogP contribution in [0.15, 0.2) is 36.4 Å². The van der Waals surface area contributed by atoms with Gasteiger partial charge in [-0.05, 0) is 69.3 Å². The maximum Gasteiger partial charge on any atom is 0.184 e. The highest BCUT2D eigenvalue weighted by Crippen LogP contribution is 2.27. The summed E-state index contributed by atoms with van der Waals surface area (Å²) in [6.07, 6.45) is 7.76. The molecule has 3 aromatic rings. The quantitative estimate of drug-likeness (QED) is 0.478. The van der Waals surface area contributed by atoms with E-state index in [0.29, 0.717) is 18.0 Å². The number of Topliss-reactive ketones (excluding diaryl/α,β-unsaturated/α-hetero) is 1. The number of hydrogen-bond donors (Lipinski definition) is 0. The molecule has 0 spiro atoms. The van der Waals surface area contributed by atoms with Gasteiger partial charge in [0.05, 0.1) is 5.39 Å². The molecule has 5 rings (SSSR count). The highest BCUT2D eigenvalue weighted by atomic mass is 16.1. The number of carbonyl (C=O) groups is 1. The second-order valence-electron chi connectivity index (χ2n) is 10.2. The van der Waals surface area contributed by atoms with Crippen LogP contribution < -0.4 is 4.90 Å². The molecule has 180 valence electrons. The SMILES string of the molecule is Cc1ccc(CN2CCC(CC(=O)c3nn(C)c4nc(N5CCCCCC5)ccc34)CC2)cc1. The zero-order valence-corrected chi connectivity index (χ0v) is 20.7. The topological polar surface area (TPSA) is 54.3 Å². The molecule has 0 radical (unpaired) electrons. The number of ketones is 1. The summed E-state index contributed by atoms with van der Waals surface area (Å²) in [6.45, 7) is 7.35. The van der Waals surface area contributed by atoms with Gasteiger partial charge in [-0.1, -0.05) is 42.7 Å². The van der Waals surface area contributed by atoms with Gasteiger partial charge in [0.25, 0.3) is 0 Å². The second kappa shape index (κ2) is 10.3. The van der Waals surface area contributed by atoms with Gasteiger partial charge in [-0.15, -0.1) is 0 Å². The van der Waals surface area contributed by atoms with E-state index in [1.807, 2.05) is 7.05 Å². The normalized spacial score (nSPS) is 18.4. The van der Waals surface area contributed by atoms with E-state index in [4.69, 9.17) is 4.98 Å². The van der Waals surface area contributed by atoms with Gasteiger partial charge >= 0.3 is 0 Å². The van der Waals surface area contributed by atoms with Crippen LogP contribution in [0.2, 0.25) is 0 Å². The first-order valence-electron chi connectivity index (χ1n) is 13.0.